The van der Waals surface area contributed by atoms with E-state index in [2.05, 4.69) is 45.2 Å². The van der Waals surface area contributed by atoms with Crippen LogP contribution in [0.1, 0.15) is 30.2 Å². The number of hydrogen-bond donors (Lipinski definition) is 2. The minimum absolute atomic E-state index is 0.185. The van der Waals surface area contributed by atoms with Crippen molar-refractivity contribution < 1.29 is 9.53 Å². The number of pyridine rings is 1. The SMILES string of the molecule is CNC(=O)c1ccc(OC)c(Nc2nccc(-c3cn(C(C)C)c4cnccc34)n2)c1. The molecule has 3 aromatic heterocycles. The first-order valence-electron chi connectivity index (χ1n) is 9.97. The fourth-order valence-electron chi connectivity index (χ4n) is 3.51. The van der Waals surface area contributed by atoms with E-state index in [9.17, 15) is 4.79 Å². The molecule has 0 saturated heterocycles. The van der Waals surface area contributed by atoms with E-state index in [1.54, 1.807) is 44.8 Å². The summed E-state index contributed by atoms with van der Waals surface area (Å²) in [7, 11) is 3.17. The molecule has 0 saturated carbocycles. The predicted molar refractivity (Wildman–Crippen MR) is 121 cm³/mol. The lowest BCUT2D eigenvalue weighted by Crippen LogP contribution is -2.17. The van der Waals surface area contributed by atoms with Gasteiger partial charge >= 0.3 is 0 Å². The van der Waals surface area contributed by atoms with Gasteiger partial charge in [0.25, 0.3) is 5.91 Å². The van der Waals surface area contributed by atoms with E-state index in [4.69, 9.17) is 9.72 Å². The van der Waals surface area contributed by atoms with E-state index in [1.807, 2.05) is 18.3 Å². The fourth-order valence-corrected chi connectivity index (χ4v) is 3.51. The molecule has 1 aromatic carbocycles. The summed E-state index contributed by atoms with van der Waals surface area (Å²) < 4.78 is 7.61. The van der Waals surface area contributed by atoms with Crippen LogP contribution in [0.15, 0.2) is 55.1 Å². The van der Waals surface area contributed by atoms with Gasteiger partial charge in [0.2, 0.25) is 5.95 Å². The maximum absolute atomic E-state index is 12.0. The number of methoxy groups -OCH3 is 1. The number of nitrogens with one attached hydrogen (secondary N) is 2. The average molecular weight is 416 g/mol. The summed E-state index contributed by atoms with van der Waals surface area (Å²) in [5.74, 6) is 0.809. The highest BCUT2D eigenvalue weighted by Crippen LogP contribution is 2.32. The molecule has 0 spiro atoms. The normalized spacial score (nSPS) is 11.0. The number of ether oxygens (including phenoxy) is 1. The van der Waals surface area contributed by atoms with Crippen molar-refractivity contribution >= 4 is 28.4 Å². The second-order valence-corrected chi connectivity index (χ2v) is 7.32. The number of hydrogen-bond acceptors (Lipinski definition) is 6. The van der Waals surface area contributed by atoms with Crippen molar-refractivity contribution in [3.8, 4) is 17.0 Å². The van der Waals surface area contributed by atoms with Gasteiger partial charge in [0, 0.05) is 48.2 Å². The molecule has 3 heterocycles. The number of nitrogens with zero attached hydrogens (tertiary/aromatic N) is 4. The Kier molecular flexibility index (Phi) is 5.53. The van der Waals surface area contributed by atoms with Crippen molar-refractivity contribution in [3.63, 3.8) is 0 Å². The molecule has 0 aliphatic heterocycles. The van der Waals surface area contributed by atoms with Crippen LogP contribution in [0.4, 0.5) is 11.6 Å². The summed E-state index contributed by atoms with van der Waals surface area (Å²) >= 11 is 0. The number of anilines is 2. The van der Waals surface area contributed by atoms with Crippen molar-refractivity contribution in [2.24, 2.45) is 0 Å². The molecule has 0 radical (unpaired) electrons. The third kappa shape index (κ3) is 3.92. The van der Waals surface area contributed by atoms with Crippen molar-refractivity contribution in [2.75, 3.05) is 19.5 Å². The van der Waals surface area contributed by atoms with Crippen LogP contribution < -0.4 is 15.4 Å². The molecule has 31 heavy (non-hydrogen) atoms. The first-order valence-corrected chi connectivity index (χ1v) is 9.97. The van der Waals surface area contributed by atoms with Crippen LogP contribution in [0, 0.1) is 0 Å². The Morgan fingerprint density at radius 1 is 1.16 bits per heavy atom. The number of fused-ring (bicyclic) bond motifs is 1. The Balaban J connectivity index is 1.74. The smallest absolute Gasteiger partial charge is 0.251 e. The first-order chi connectivity index (χ1) is 15.0. The number of rotatable bonds is 6. The van der Waals surface area contributed by atoms with Crippen molar-refractivity contribution in [1.82, 2.24) is 24.8 Å². The molecule has 2 N–H and O–H groups in total. The molecule has 4 rings (SSSR count). The third-order valence-corrected chi connectivity index (χ3v) is 5.06. The molecule has 8 nitrogen and oxygen atoms in total. The van der Waals surface area contributed by atoms with Gasteiger partial charge in [-0.2, -0.15) is 0 Å². The topological polar surface area (TPSA) is 94.0 Å². The molecule has 0 fully saturated rings. The molecular formula is C23H24N6O2. The maximum Gasteiger partial charge on any atom is 0.251 e. The Labute approximate surface area is 180 Å². The zero-order valence-corrected chi connectivity index (χ0v) is 17.9. The monoisotopic (exact) mass is 416 g/mol. The molecule has 0 unspecified atom stereocenters. The average Bonchev–Trinajstić information content (AvgIpc) is 3.19. The largest absolute Gasteiger partial charge is 0.495 e. The van der Waals surface area contributed by atoms with Gasteiger partial charge in [0.15, 0.2) is 0 Å². The molecular weight excluding hydrogens is 392 g/mol. The molecule has 0 aliphatic rings. The molecule has 0 aliphatic carbocycles. The van der Waals surface area contributed by atoms with Gasteiger partial charge in [-0.25, -0.2) is 9.97 Å². The van der Waals surface area contributed by atoms with Gasteiger partial charge in [0.05, 0.1) is 30.2 Å². The highest BCUT2D eigenvalue weighted by molar-refractivity contribution is 5.96. The first kappa shape index (κ1) is 20.3. The third-order valence-electron chi connectivity index (χ3n) is 5.06. The summed E-state index contributed by atoms with van der Waals surface area (Å²) in [5.41, 5.74) is 3.96. The highest BCUT2D eigenvalue weighted by atomic mass is 16.5. The molecule has 158 valence electrons. The van der Waals surface area contributed by atoms with Crippen LogP contribution in [-0.4, -0.2) is 39.6 Å². The summed E-state index contributed by atoms with van der Waals surface area (Å²) in [6.45, 7) is 4.27. The van der Waals surface area contributed by atoms with Gasteiger partial charge in [-0.3, -0.25) is 9.78 Å². The molecule has 0 bridgehead atoms. The van der Waals surface area contributed by atoms with Crippen molar-refractivity contribution in [1.29, 1.82) is 0 Å². The summed E-state index contributed by atoms with van der Waals surface area (Å²) in [5, 5.41) is 6.88. The Bertz CT molecular complexity index is 1250. The van der Waals surface area contributed by atoms with E-state index in [0.717, 1.165) is 22.2 Å². The standard InChI is InChI=1S/C23H24N6O2/c1-14(2)29-13-17(16-7-9-25-12-20(16)29)18-8-10-26-23(27-18)28-19-11-15(22(30)24-3)5-6-21(19)31-4/h5-14H,1-4H3,(H,24,30)(H,26,27,28). The number of carbonyl (C=O) groups is 1. The molecule has 8 heteroatoms. The molecule has 0 atom stereocenters. The lowest BCUT2D eigenvalue weighted by atomic mass is 10.1. The predicted octanol–water partition coefficient (Wildman–Crippen LogP) is 4.19. The zero-order chi connectivity index (χ0) is 22.0. The quantitative estimate of drug-likeness (QED) is 0.490. The van der Waals surface area contributed by atoms with E-state index >= 15 is 0 Å². The van der Waals surface area contributed by atoms with Gasteiger partial charge in [-0.15, -0.1) is 0 Å². The number of benzene rings is 1. The Hall–Kier alpha value is -3.94. The van der Waals surface area contributed by atoms with Crippen LogP contribution in [-0.2, 0) is 0 Å². The van der Waals surface area contributed by atoms with E-state index in [0.29, 0.717) is 22.9 Å². The molecule has 4 aromatic rings. The minimum Gasteiger partial charge on any atom is -0.495 e. The van der Waals surface area contributed by atoms with Crippen LogP contribution in [0.2, 0.25) is 0 Å². The summed E-state index contributed by atoms with van der Waals surface area (Å²) in [4.78, 5) is 25.4. The second-order valence-electron chi connectivity index (χ2n) is 7.32. The van der Waals surface area contributed by atoms with Crippen LogP contribution >= 0.6 is 0 Å². The van der Waals surface area contributed by atoms with Crippen molar-refractivity contribution in [2.45, 2.75) is 19.9 Å². The Morgan fingerprint density at radius 2 is 2.00 bits per heavy atom. The van der Waals surface area contributed by atoms with Gasteiger partial charge < -0.3 is 19.9 Å². The highest BCUT2D eigenvalue weighted by Gasteiger charge is 2.15. The number of carbonyl (C=O) groups excluding carboxylic acids is 1. The summed E-state index contributed by atoms with van der Waals surface area (Å²) in [6.07, 6.45) is 7.45. The summed E-state index contributed by atoms with van der Waals surface area (Å²) in [6, 6.07) is 9.31. The van der Waals surface area contributed by atoms with Crippen LogP contribution in [0.25, 0.3) is 22.2 Å². The number of amides is 1. The Morgan fingerprint density at radius 3 is 2.74 bits per heavy atom. The van der Waals surface area contributed by atoms with Gasteiger partial charge in [-0.1, -0.05) is 0 Å². The molecule has 1 amide bonds. The zero-order valence-electron chi connectivity index (χ0n) is 17.9. The lowest BCUT2D eigenvalue weighted by molar-refractivity contribution is 0.0963. The maximum atomic E-state index is 12.0. The van der Waals surface area contributed by atoms with E-state index in [1.165, 1.54) is 0 Å². The van der Waals surface area contributed by atoms with Gasteiger partial charge in [0.1, 0.15) is 5.75 Å². The van der Waals surface area contributed by atoms with Crippen LogP contribution in [0.5, 0.6) is 5.75 Å². The fraction of sp³-hybridized carbons (Fsp3) is 0.217. The van der Waals surface area contributed by atoms with E-state index in [-0.39, 0.29) is 11.9 Å². The second kappa shape index (κ2) is 8.43. The minimum atomic E-state index is -0.185. The van der Waals surface area contributed by atoms with Gasteiger partial charge in [-0.05, 0) is 44.2 Å². The van der Waals surface area contributed by atoms with Crippen LogP contribution in [0.3, 0.4) is 0 Å². The van der Waals surface area contributed by atoms with Crippen molar-refractivity contribution in [3.05, 3.63) is 60.7 Å². The number of aromatic nitrogens is 4. The lowest BCUT2D eigenvalue weighted by Gasteiger charge is -2.12. The van der Waals surface area contributed by atoms with E-state index < -0.39 is 0 Å².